The Morgan fingerprint density at radius 2 is 1.96 bits per heavy atom. The highest BCUT2D eigenvalue weighted by atomic mass is 32.1. The second-order valence-corrected chi connectivity index (χ2v) is 6.88. The van der Waals surface area contributed by atoms with Crippen LogP contribution in [0.15, 0.2) is 30.5 Å². The number of alkyl halides is 3. The summed E-state index contributed by atoms with van der Waals surface area (Å²) in [6.07, 6.45) is -3.03. The Balaban J connectivity index is 1.93. The maximum Gasteiger partial charge on any atom is 0.433 e. The Morgan fingerprint density at radius 3 is 2.61 bits per heavy atom. The van der Waals surface area contributed by atoms with Gasteiger partial charge in [0.05, 0.1) is 5.56 Å². The highest BCUT2D eigenvalue weighted by Gasteiger charge is 2.33. The fourth-order valence-corrected chi connectivity index (χ4v) is 2.90. The maximum absolute atomic E-state index is 12.9. The minimum absolute atomic E-state index is 0.154. The SMILES string of the molecule is CC(C)c1ccnc(-c2nsc(Nc3nc(C(F)(F)F)ccc3C(N)=O)n2)c1. The molecular formula is C17H15F3N6OS. The summed E-state index contributed by atoms with van der Waals surface area (Å²) in [6.45, 7) is 4.07. The zero-order valence-corrected chi connectivity index (χ0v) is 15.6. The number of halogens is 3. The Morgan fingerprint density at radius 1 is 1.21 bits per heavy atom. The molecule has 3 aromatic rings. The molecule has 0 unspecified atom stereocenters. The number of nitrogens with zero attached hydrogens (tertiary/aromatic N) is 4. The Bertz CT molecular complexity index is 1020. The summed E-state index contributed by atoms with van der Waals surface area (Å²) in [6, 6.07) is 5.38. The van der Waals surface area contributed by atoms with Gasteiger partial charge in [0.25, 0.3) is 5.91 Å². The lowest BCUT2D eigenvalue weighted by Crippen LogP contribution is -2.17. The van der Waals surface area contributed by atoms with Crippen molar-refractivity contribution >= 4 is 28.4 Å². The first-order valence-corrected chi connectivity index (χ1v) is 8.87. The van der Waals surface area contributed by atoms with Crippen molar-refractivity contribution in [2.24, 2.45) is 5.73 Å². The van der Waals surface area contributed by atoms with Gasteiger partial charge in [-0.3, -0.25) is 9.78 Å². The third kappa shape index (κ3) is 4.25. The molecule has 0 aliphatic rings. The van der Waals surface area contributed by atoms with Crippen LogP contribution < -0.4 is 11.1 Å². The Hall–Kier alpha value is -3.08. The van der Waals surface area contributed by atoms with Crippen LogP contribution >= 0.6 is 11.5 Å². The first kappa shape index (κ1) is 19.7. The fourth-order valence-electron chi connectivity index (χ4n) is 2.32. The molecule has 3 rings (SSSR count). The molecule has 11 heteroatoms. The first-order valence-electron chi connectivity index (χ1n) is 8.10. The molecule has 0 aliphatic heterocycles. The summed E-state index contributed by atoms with van der Waals surface area (Å²) in [5, 5.41) is 2.75. The molecule has 3 heterocycles. The summed E-state index contributed by atoms with van der Waals surface area (Å²) in [4.78, 5) is 23.4. The molecule has 0 saturated heterocycles. The van der Waals surface area contributed by atoms with E-state index in [9.17, 15) is 18.0 Å². The third-order valence-electron chi connectivity index (χ3n) is 3.78. The Kier molecular flexibility index (Phi) is 5.27. The van der Waals surface area contributed by atoms with Crippen LogP contribution in [0.25, 0.3) is 11.5 Å². The summed E-state index contributed by atoms with van der Waals surface area (Å²) in [7, 11) is 0. The summed E-state index contributed by atoms with van der Waals surface area (Å²) in [5.74, 6) is -0.665. The van der Waals surface area contributed by atoms with Crippen molar-refractivity contribution in [3.05, 3.63) is 47.3 Å². The molecule has 0 radical (unpaired) electrons. The van der Waals surface area contributed by atoms with Crippen molar-refractivity contribution < 1.29 is 18.0 Å². The minimum atomic E-state index is -4.67. The van der Waals surface area contributed by atoms with Gasteiger partial charge in [-0.05, 0) is 35.7 Å². The lowest BCUT2D eigenvalue weighted by atomic mass is 10.0. The van der Waals surface area contributed by atoms with E-state index in [4.69, 9.17) is 5.73 Å². The van der Waals surface area contributed by atoms with Crippen molar-refractivity contribution in [1.29, 1.82) is 0 Å². The number of nitrogens with two attached hydrogens (primary N) is 1. The predicted molar refractivity (Wildman–Crippen MR) is 98.3 cm³/mol. The van der Waals surface area contributed by atoms with Gasteiger partial charge in [0.2, 0.25) is 5.13 Å². The van der Waals surface area contributed by atoms with E-state index in [-0.39, 0.29) is 22.4 Å². The van der Waals surface area contributed by atoms with E-state index in [0.717, 1.165) is 23.2 Å². The maximum atomic E-state index is 12.9. The minimum Gasteiger partial charge on any atom is -0.365 e. The second-order valence-electron chi connectivity index (χ2n) is 6.13. The normalized spacial score (nSPS) is 11.6. The van der Waals surface area contributed by atoms with Crippen LogP contribution in [0.5, 0.6) is 0 Å². The van der Waals surface area contributed by atoms with E-state index in [1.807, 2.05) is 26.0 Å². The molecule has 0 fully saturated rings. The number of hydrogen-bond donors (Lipinski definition) is 2. The largest absolute Gasteiger partial charge is 0.433 e. The lowest BCUT2D eigenvalue weighted by Gasteiger charge is -2.10. The number of carbonyl (C=O) groups is 1. The van der Waals surface area contributed by atoms with Gasteiger partial charge in [0, 0.05) is 17.7 Å². The smallest absolute Gasteiger partial charge is 0.365 e. The van der Waals surface area contributed by atoms with Crippen LogP contribution in [0.2, 0.25) is 0 Å². The summed E-state index contributed by atoms with van der Waals surface area (Å²) < 4.78 is 43.0. The van der Waals surface area contributed by atoms with Gasteiger partial charge < -0.3 is 11.1 Å². The molecule has 0 bridgehead atoms. The molecule has 0 atom stereocenters. The molecule has 1 amide bonds. The van der Waals surface area contributed by atoms with E-state index in [0.29, 0.717) is 17.6 Å². The molecule has 0 aliphatic carbocycles. The van der Waals surface area contributed by atoms with Crippen LogP contribution in [0.1, 0.15) is 41.4 Å². The average Bonchev–Trinajstić information content (AvgIpc) is 3.09. The molecule has 7 nitrogen and oxygen atoms in total. The highest BCUT2D eigenvalue weighted by Crippen LogP contribution is 2.31. The monoisotopic (exact) mass is 408 g/mol. The van der Waals surface area contributed by atoms with E-state index >= 15 is 0 Å². The molecule has 146 valence electrons. The number of carbonyl (C=O) groups excluding carboxylic acids is 1. The summed E-state index contributed by atoms with van der Waals surface area (Å²) in [5.41, 5.74) is 5.46. The standard InChI is InChI=1S/C17H15F3N6OS/c1-8(2)9-5-6-22-11(7-9)15-25-16(28-26-15)24-14-10(13(21)27)3-4-12(23-14)17(18,19)20/h3-8H,1-2H3,(H2,21,27)(H,23,24,25,26). The van der Waals surface area contributed by atoms with E-state index in [1.165, 1.54) is 0 Å². The van der Waals surface area contributed by atoms with Crippen molar-refractivity contribution in [2.45, 2.75) is 25.9 Å². The van der Waals surface area contributed by atoms with Gasteiger partial charge in [-0.1, -0.05) is 13.8 Å². The van der Waals surface area contributed by atoms with Gasteiger partial charge >= 0.3 is 6.18 Å². The second kappa shape index (κ2) is 7.50. The predicted octanol–water partition coefficient (Wildman–Crippen LogP) is 3.98. The number of anilines is 2. The number of aromatic nitrogens is 4. The molecule has 0 saturated carbocycles. The topological polar surface area (TPSA) is 107 Å². The van der Waals surface area contributed by atoms with Crippen LogP contribution in [0.3, 0.4) is 0 Å². The van der Waals surface area contributed by atoms with Crippen molar-refractivity contribution in [1.82, 2.24) is 19.3 Å². The first-order chi connectivity index (χ1) is 13.1. The van der Waals surface area contributed by atoms with E-state index < -0.39 is 17.8 Å². The van der Waals surface area contributed by atoms with Gasteiger partial charge in [-0.2, -0.15) is 22.5 Å². The number of primary amides is 1. The molecular weight excluding hydrogens is 393 g/mol. The zero-order valence-electron chi connectivity index (χ0n) is 14.8. The van der Waals surface area contributed by atoms with Crippen molar-refractivity contribution in [3.8, 4) is 11.5 Å². The van der Waals surface area contributed by atoms with Crippen molar-refractivity contribution in [2.75, 3.05) is 5.32 Å². The van der Waals surface area contributed by atoms with E-state index in [1.54, 1.807) is 6.20 Å². The quantitative estimate of drug-likeness (QED) is 0.661. The number of pyridine rings is 2. The van der Waals surface area contributed by atoms with Gasteiger partial charge in [-0.15, -0.1) is 0 Å². The molecule has 0 spiro atoms. The third-order valence-corrected chi connectivity index (χ3v) is 4.41. The lowest BCUT2D eigenvalue weighted by molar-refractivity contribution is -0.141. The Labute approximate surface area is 162 Å². The molecule has 3 aromatic heterocycles. The van der Waals surface area contributed by atoms with Crippen LogP contribution in [-0.4, -0.2) is 25.2 Å². The van der Waals surface area contributed by atoms with Crippen LogP contribution in [-0.2, 0) is 6.18 Å². The van der Waals surface area contributed by atoms with Crippen LogP contribution in [0, 0.1) is 0 Å². The van der Waals surface area contributed by atoms with Gasteiger partial charge in [0.1, 0.15) is 17.2 Å². The number of rotatable bonds is 5. The summed E-state index contributed by atoms with van der Waals surface area (Å²) >= 11 is 0.902. The highest BCUT2D eigenvalue weighted by molar-refractivity contribution is 7.09. The number of nitrogens with one attached hydrogen (secondary N) is 1. The molecule has 3 N–H and O–H groups in total. The van der Waals surface area contributed by atoms with Gasteiger partial charge in [-0.25, -0.2) is 4.98 Å². The fraction of sp³-hybridized carbons (Fsp3) is 0.235. The van der Waals surface area contributed by atoms with Crippen LogP contribution in [0.4, 0.5) is 24.1 Å². The number of hydrogen-bond acceptors (Lipinski definition) is 7. The van der Waals surface area contributed by atoms with E-state index in [2.05, 4.69) is 24.6 Å². The molecule has 0 aromatic carbocycles. The van der Waals surface area contributed by atoms with Gasteiger partial charge in [0.15, 0.2) is 5.82 Å². The number of amides is 1. The molecule has 28 heavy (non-hydrogen) atoms. The van der Waals surface area contributed by atoms with Crippen molar-refractivity contribution in [3.63, 3.8) is 0 Å². The average molecular weight is 408 g/mol. The zero-order chi connectivity index (χ0) is 20.5.